The Bertz CT molecular complexity index is 1020. The van der Waals surface area contributed by atoms with Gasteiger partial charge in [0, 0.05) is 44.9 Å². The Morgan fingerprint density at radius 1 is 1.18 bits per heavy atom. The van der Waals surface area contributed by atoms with Crippen LogP contribution in [-0.4, -0.2) is 62.0 Å². The highest BCUT2D eigenvalue weighted by Gasteiger charge is 2.25. The SMILES string of the molecule is Cc1nc(CN2CCN(C(=O)c3cnc(-c4ccccc4)[nH]c3=O)CC2)no1. The van der Waals surface area contributed by atoms with E-state index in [0.717, 1.165) is 5.56 Å². The molecule has 1 saturated heterocycles. The van der Waals surface area contributed by atoms with E-state index in [2.05, 4.69) is 25.0 Å². The Balaban J connectivity index is 1.40. The maximum atomic E-state index is 12.7. The molecule has 1 N–H and O–H groups in total. The van der Waals surface area contributed by atoms with Gasteiger partial charge in [-0.1, -0.05) is 35.5 Å². The molecule has 0 unspecified atom stereocenters. The number of aryl methyl sites for hydroxylation is 1. The number of benzene rings is 1. The van der Waals surface area contributed by atoms with Crippen LogP contribution in [0.15, 0.2) is 45.8 Å². The first-order chi connectivity index (χ1) is 13.6. The molecule has 1 aromatic carbocycles. The molecule has 1 amide bonds. The Hall–Kier alpha value is -3.33. The van der Waals surface area contributed by atoms with E-state index in [1.165, 1.54) is 6.20 Å². The molecule has 1 fully saturated rings. The van der Waals surface area contributed by atoms with Crippen LogP contribution < -0.4 is 5.56 Å². The van der Waals surface area contributed by atoms with Crippen LogP contribution in [0.2, 0.25) is 0 Å². The third-order valence-corrected chi connectivity index (χ3v) is 4.67. The zero-order valence-corrected chi connectivity index (χ0v) is 15.5. The van der Waals surface area contributed by atoms with Crippen molar-refractivity contribution >= 4 is 5.91 Å². The van der Waals surface area contributed by atoms with E-state index in [4.69, 9.17) is 4.52 Å². The van der Waals surface area contributed by atoms with Crippen molar-refractivity contribution in [2.45, 2.75) is 13.5 Å². The minimum Gasteiger partial charge on any atom is -0.340 e. The van der Waals surface area contributed by atoms with Crippen LogP contribution >= 0.6 is 0 Å². The van der Waals surface area contributed by atoms with Crippen molar-refractivity contribution in [2.24, 2.45) is 0 Å². The highest BCUT2D eigenvalue weighted by molar-refractivity contribution is 5.93. The Labute approximate surface area is 161 Å². The van der Waals surface area contributed by atoms with Crippen molar-refractivity contribution in [1.29, 1.82) is 0 Å². The van der Waals surface area contributed by atoms with Crippen LogP contribution in [0.4, 0.5) is 0 Å². The maximum Gasteiger partial charge on any atom is 0.264 e. The van der Waals surface area contributed by atoms with Gasteiger partial charge in [-0.25, -0.2) is 4.98 Å². The molecule has 0 saturated carbocycles. The summed E-state index contributed by atoms with van der Waals surface area (Å²) in [4.78, 5) is 40.2. The lowest BCUT2D eigenvalue weighted by molar-refractivity contribution is 0.0622. The molecule has 3 heterocycles. The van der Waals surface area contributed by atoms with Crippen LogP contribution in [0.3, 0.4) is 0 Å². The highest BCUT2D eigenvalue weighted by Crippen LogP contribution is 2.13. The number of H-pyrrole nitrogens is 1. The summed E-state index contributed by atoms with van der Waals surface area (Å²) >= 11 is 0. The van der Waals surface area contributed by atoms with Gasteiger partial charge in [-0.05, 0) is 0 Å². The highest BCUT2D eigenvalue weighted by atomic mass is 16.5. The zero-order valence-electron chi connectivity index (χ0n) is 15.5. The van der Waals surface area contributed by atoms with Gasteiger partial charge >= 0.3 is 0 Å². The molecule has 3 aromatic rings. The molecule has 28 heavy (non-hydrogen) atoms. The van der Waals surface area contributed by atoms with Gasteiger partial charge in [0.15, 0.2) is 5.82 Å². The molecule has 0 aliphatic carbocycles. The molecule has 0 atom stereocenters. The summed E-state index contributed by atoms with van der Waals surface area (Å²) in [7, 11) is 0. The lowest BCUT2D eigenvalue weighted by Crippen LogP contribution is -2.49. The minimum absolute atomic E-state index is 0.0573. The number of nitrogens with zero attached hydrogens (tertiary/aromatic N) is 5. The number of piperazine rings is 1. The van der Waals surface area contributed by atoms with Gasteiger partial charge in [-0.3, -0.25) is 14.5 Å². The van der Waals surface area contributed by atoms with Gasteiger partial charge in [0.25, 0.3) is 11.5 Å². The van der Waals surface area contributed by atoms with E-state index in [0.29, 0.717) is 50.3 Å². The van der Waals surface area contributed by atoms with Crippen molar-refractivity contribution in [1.82, 2.24) is 29.9 Å². The number of aromatic nitrogens is 4. The molecule has 4 rings (SSSR count). The predicted octanol–water partition coefficient (Wildman–Crippen LogP) is 1.09. The largest absolute Gasteiger partial charge is 0.340 e. The van der Waals surface area contributed by atoms with E-state index in [9.17, 15) is 9.59 Å². The number of carbonyl (C=O) groups excluding carboxylic acids is 1. The van der Waals surface area contributed by atoms with Crippen molar-refractivity contribution in [2.75, 3.05) is 26.2 Å². The molecular formula is C19H20N6O3. The van der Waals surface area contributed by atoms with Crippen LogP contribution in [0.5, 0.6) is 0 Å². The van der Waals surface area contributed by atoms with E-state index in [1.54, 1.807) is 11.8 Å². The zero-order chi connectivity index (χ0) is 19.5. The summed E-state index contributed by atoms with van der Waals surface area (Å²) in [6.07, 6.45) is 1.36. The van der Waals surface area contributed by atoms with Crippen molar-refractivity contribution < 1.29 is 9.32 Å². The molecule has 144 valence electrons. The second kappa shape index (κ2) is 7.73. The first-order valence-corrected chi connectivity index (χ1v) is 9.06. The van der Waals surface area contributed by atoms with Gasteiger partial charge < -0.3 is 14.4 Å². The van der Waals surface area contributed by atoms with Crippen LogP contribution in [0.25, 0.3) is 11.4 Å². The quantitative estimate of drug-likeness (QED) is 0.722. The van der Waals surface area contributed by atoms with E-state index >= 15 is 0 Å². The molecule has 9 nitrogen and oxygen atoms in total. The van der Waals surface area contributed by atoms with Crippen molar-refractivity contribution in [3.8, 4) is 11.4 Å². The topological polar surface area (TPSA) is 108 Å². The van der Waals surface area contributed by atoms with Gasteiger partial charge in [0.1, 0.15) is 11.4 Å². The number of nitrogens with one attached hydrogen (secondary N) is 1. The molecule has 9 heteroatoms. The normalized spacial score (nSPS) is 15.0. The summed E-state index contributed by atoms with van der Waals surface area (Å²) < 4.78 is 4.98. The minimum atomic E-state index is -0.427. The van der Waals surface area contributed by atoms with Crippen LogP contribution in [-0.2, 0) is 6.54 Å². The van der Waals surface area contributed by atoms with Gasteiger partial charge in [-0.2, -0.15) is 4.98 Å². The molecule has 1 aliphatic heterocycles. The van der Waals surface area contributed by atoms with E-state index in [1.807, 2.05) is 30.3 Å². The maximum absolute atomic E-state index is 12.7. The molecule has 0 spiro atoms. The predicted molar refractivity (Wildman–Crippen MR) is 101 cm³/mol. The number of hydrogen-bond donors (Lipinski definition) is 1. The summed E-state index contributed by atoms with van der Waals surface area (Å²) in [6.45, 7) is 4.72. The fourth-order valence-electron chi connectivity index (χ4n) is 3.17. The lowest BCUT2D eigenvalue weighted by atomic mass is 10.2. The average molecular weight is 380 g/mol. The molecule has 0 bridgehead atoms. The average Bonchev–Trinajstić information content (AvgIpc) is 3.13. The number of amides is 1. The Morgan fingerprint density at radius 3 is 2.57 bits per heavy atom. The lowest BCUT2D eigenvalue weighted by Gasteiger charge is -2.33. The fourth-order valence-corrected chi connectivity index (χ4v) is 3.17. The van der Waals surface area contributed by atoms with E-state index < -0.39 is 5.56 Å². The first kappa shape index (κ1) is 18.1. The number of carbonyl (C=O) groups is 1. The third-order valence-electron chi connectivity index (χ3n) is 4.67. The van der Waals surface area contributed by atoms with Gasteiger partial charge in [-0.15, -0.1) is 0 Å². The van der Waals surface area contributed by atoms with Gasteiger partial charge in [0.05, 0.1) is 6.54 Å². The summed E-state index contributed by atoms with van der Waals surface area (Å²) in [5, 5.41) is 3.89. The second-order valence-corrected chi connectivity index (χ2v) is 6.64. The first-order valence-electron chi connectivity index (χ1n) is 9.06. The molecule has 1 aliphatic rings. The summed E-state index contributed by atoms with van der Waals surface area (Å²) in [6, 6.07) is 9.32. The smallest absolute Gasteiger partial charge is 0.264 e. The van der Waals surface area contributed by atoms with E-state index in [-0.39, 0.29) is 11.5 Å². The third kappa shape index (κ3) is 3.84. The van der Waals surface area contributed by atoms with Gasteiger partial charge in [0.2, 0.25) is 5.89 Å². The summed E-state index contributed by atoms with van der Waals surface area (Å²) in [5.74, 6) is 1.31. The molecule has 0 radical (unpaired) electrons. The summed E-state index contributed by atoms with van der Waals surface area (Å²) in [5.41, 5.74) is 0.425. The number of aromatic amines is 1. The standard InChI is InChI=1S/C19H20N6O3/c1-13-21-16(23-28-13)12-24-7-9-25(10-8-24)19(27)15-11-20-17(22-18(15)26)14-5-3-2-4-6-14/h2-6,11H,7-10,12H2,1H3,(H,20,22,26). The van der Waals surface area contributed by atoms with Crippen LogP contribution in [0, 0.1) is 6.92 Å². The monoisotopic (exact) mass is 380 g/mol. The number of rotatable bonds is 4. The Morgan fingerprint density at radius 2 is 1.93 bits per heavy atom. The Kier molecular flexibility index (Phi) is 4.98. The molecule has 2 aromatic heterocycles. The van der Waals surface area contributed by atoms with Crippen molar-refractivity contribution in [3.63, 3.8) is 0 Å². The fraction of sp³-hybridized carbons (Fsp3) is 0.316. The molecular weight excluding hydrogens is 360 g/mol. The van der Waals surface area contributed by atoms with Crippen molar-refractivity contribution in [3.05, 3.63) is 64.2 Å². The second-order valence-electron chi connectivity index (χ2n) is 6.64. The van der Waals surface area contributed by atoms with Crippen LogP contribution in [0.1, 0.15) is 22.1 Å². The number of hydrogen-bond acceptors (Lipinski definition) is 7.